The highest BCUT2D eigenvalue weighted by molar-refractivity contribution is 5.94. The number of H-pyrrole nitrogens is 1. The molecule has 4 aromatic rings. The summed E-state index contributed by atoms with van der Waals surface area (Å²) in [6, 6.07) is 14.7. The Bertz CT molecular complexity index is 1490. The number of methoxy groups -OCH3 is 1. The summed E-state index contributed by atoms with van der Waals surface area (Å²) in [6.07, 6.45) is 8.52. The van der Waals surface area contributed by atoms with Gasteiger partial charge in [0.05, 0.1) is 12.5 Å². The van der Waals surface area contributed by atoms with E-state index < -0.39 is 0 Å². The highest BCUT2D eigenvalue weighted by Gasteiger charge is 2.32. The summed E-state index contributed by atoms with van der Waals surface area (Å²) in [5.74, 6) is 2.98. The number of aromatic amines is 1. The van der Waals surface area contributed by atoms with Crippen LogP contribution in [0.1, 0.15) is 42.7 Å². The average Bonchev–Trinajstić information content (AvgIpc) is 3.75. The van der Waals surface area contributed by atoms with Crippen LogP contribution < -0.4 is 20.9 Å². The number of aromatic nitrogens is 3. The van der Waals surface area contributed by atoms with Gasteiger partial charge in [-0.2, -0.15) is 0 Å². The molecule has 0 atom stereocenters. The fourth-order valence-corrected chi connectivity index (χ4v) is 5.47. The second kappa shape index (κ2) is 9.86. The summed E-state index contributed by atoms with van der Waals surface area (Å²) < 4.78 is 5.30. The molecule has 1 aliphatic carbocycles. The molecule has 1 saturated heterocycles. The molecular weight excluding hydrogens is 464 g/mol. The first-order valence-electron chi connectivity index (χ1n) is 13.0. The van der Waals surface area contributed by atoms with Gasteiger partial charge in [-0.1, -0.05) is 6.07 Å². The smallest absolute Gasteiger partial charge is 0.259 e. The van der Waals surface area contributed by atoms with E-state index in [-0.39, 0.29) is 5.56 Å². The van der Waals surface area contributed by atoms with Crippen LogP contribution in [-0.4, -0.2) is 46.1 Å². The molecule has 3 aromatic heterocycles. The fraction of sp³-hybridized carbons (Fsp3) is 0.345. The fourth-order valence-electron chi connectivity index (χ4n) is 5.47. The summed E-state index contributed by atoms with van der Waals surface area (Å²) in [6.45, 7) is 4.59. The number of likely N-dealkylation sites (tertiary alicyclic amines) is 1. The molecule has 2 aliphatic rings. The quantitative estimate of drug-likeness (QED) is 0.313. The van der Waals surface area contributed by atoms with E-state index in [0.717, 1.165) is 17.1 Å². The maximum Gasteiger partial charge on any atom is 0.259 e. The number of hydrogen-bond acceptors (Lipinski definition) is 7. The Kier molecular flexibility index (Phi) is 6.26. The third-order valence-electron chi connectivity index (χ3n) is 7.54. The summed E-state index contributed by atoms with van der Waals surface area (Å²) in [4.78, 5) is 27.3. The number of piperidine rings is 1. The summed E-state index contributed by atoms with van der Waals surface area (Å²) in [5.41, 5.74) is 3.42. The molecule has 4 heterocycles. The van der Waals surface area contributed by atoms with Crippen LogP contribution in [0.25, 0.3) is 10.8 Å². The van der Waals surface area contributed by atoms with Crippen molar-refractivity contribution in [2.75, 3.05) is 30.8 Å². The lowest BCUT2D eigenvalue weighted by Crippen LogP contribution is -2.34. The van der Waals surface area contributed by atoms with Gasteiger partial charge in [0.15, 0.2) is 0 Å². The van der Waals surface area contributed by atoms with Gasteiger partial charge in [-0.3, -0.25) is 4.79 Å². The normalized spacial score (nSPS) is 16.6. The zero-order chi connectivity index (χ0) is 25.4. The summed E-state index contributed by atoms with van der Waals surface area (Å²) in [7, 11) is 1.62. The average molecular weight is 497 g/mol. The third-order valence-corrected chi connectivity index (χ3v) is 7.54. The molecule has 0 unspecified atom stereocenters. The van der Waals surface area contributed by atoms with Gasteiger partial charge in [0, 0.05) is 30.2 Å². The van der Waals surface area contributed by atoms with E-state index >= 15 is 0 Å². The van der Waals surface area contributed by atoms with E-state index in [9.17, 15) is 4.79 Å². The Hall–Kier alpha value is -3.91. The van der Waals surface area contributed by atoms with Crippen molar-refractivity contribution in [1.82, 2.24) is 19.9 Å². The van der Waals surface area contributed by atoms with Crippen molar-refractivity contribution >= 4 is 33.9 Å². The van der Waals surface area contributed by atoms with Crippen LogP contribution in [0.2, 0.25) is 0 Å². The Morgan fingerprint density at radius 1 is 1.00 bits per heavy atom. The molecule has 0 spiro atoms. The van der Waals surface area contributed by atoms with Crippen molar-refractivity contribution in [2.45, 2.75) is 44.6 Å². The molecule has 0 amide bonds. The number of nitrogens with zero attached hydrogens (tertiary/aromatic N) is 3. The van der Waals surface area contributed by atoms with Gasteiger partial charge in [-0.15, -0.1) is 0 Å². The van der Waals surface area contributed by atoms with Gasteiger partial charge in [0.1, 0.15) is 23.2 Å². The lowest BCUT2D eigenvalue weighted by atomic mass is 9.86. The predicted molar refractivity (Wildman–Crippen MR) is 147 cm³/mol. The van der Waals surface area contributed by atoms with Crippen LogP contribution in [-0.2, 0) is 0 Å². The van der Waals surface area contributed by atoms with Crippen molar-refractivity contribution in [1.29, 1.82) is 0 Å². The van der Waals surface area contributed by atoms with Crippen LogP contribution in [0.5, 0.6) is 5.75 Å². The molecule has 0 bridgehead atoms. The van der Waals surface area contributed by atoms with E-state index in [0.29, 0.717) is 34.5 Å². The Labute approximate surface area is 216 Å². The molecule has 8 nitrogen and oxygen atoms in total. The second-order valence-electron chi connectivity index (χ2n) is 10.1. The number of fused-ring (bicyclic) bond motifs is 1. The number of hydrogen-bond donors (Lipinski definition) is 3. The molecule has 6 rings (SSSR count). The van der Waals surface area contributed by atoms with Gasteiger partial charge in [-0.05, 0) is 98.5 Å². The first kappa shape index (κ1) is 23.5. The Morgan fingerprint density at radius 2 is 1.84 bits per heavy atom. The largest absolute Gasteiger partial charge is 0.497 e. The maximum atomic E-state index is 12.8. The van der Waals surface area contributed by atoms with Crippen molar-refractivity contribution in [3.63, 3.8) is 0 Å². The molecule has 37 heavy (non-hydrogen) atoms. The number of nitrogens with one attached hydrogen (secondary N) is 3. The minimum atomic E-state index is -0.186. The highest BCUT2D eigenvalue weighted by atomic mass is 16.5. The minimum absolute atomic E-state index is 0.186. The first-order valence-corrected chi connectivity index (χ1v) is 13.0. The van der Waals surface area contributed by atoms with Crippen LogP contribution in [0, 0.1) is 6.92 Å². The van der Waals surface area contributed by atoms with Crippen molar-refractivity contribution in [3.05, 3.63) is 76.3 Å². The zero-order valence-electron chi connectivity index (χ0n) is 21.3. The monoisotopic (exact) mass is 496 g/mol. The number of rotatable bonds is 7. The molecule has 1 aliphatic heterocycles. The number of aryl methyl sites for hydroxylation is 1. The third kappa shape index (κ3) is 5.02. The van der Waals surface area contributed by atoms with Gasteiger partial charge in [0.2, 0.25) is 0 Å². The number of pyridine rings is 3. The topological polar surface area (TPSA) is 95.2 Å². The van der Waals surface area contributed by atoms with Crippen LogP contribution >= 0.6 is 0 Å². The van der Waals surface area contributed by atoms with Crippen LogP contribution in [0.3, 0.4) is 0 Å². The van der Waals surface area contributed by atoms with Gasteiger partial charge in [-0.25, -0.2) is 9.97 Å². The van der Waals surface area contributed by atoms with Gasteiger partial charge < -0.3 is 25.3 Å². The summed E-state index contributed by atoms with van der Waals surface area (Å²) in [5, 5.41) is 7.95. The van der Waals surface area contributed by atoms with Crippen LogP contribution in [0.15, 0.2) is 59.7 Å². The SMILES string of the molecule is COc1ccnc(Nc2cc3cc[nH]c(=O)c3c(Nc3ccc(C4CCN(C5CC5)CC4)c(C)c3)n2)c1. The number of benzene rings is 1. The number of ether oxygens (including phenoxy) is 1. The van der Waals surface area contributed by atoms with Gasteiger partial charge in [0.25, 0.3) is 5.56 Å². The lowest BCUT2D eigenvalue weighted by molar-refractivity contribution is 0.203. The molecule has 190 valence electrons. The molecule has 8 heteroatoms. The van der Waals surface area contributed by atoms with Crippen molar-refractivity contribution in [2.24, 2.45) is 0 Å². The van der Waals surface area contributed by atoms with E-state index in [1.807, 2.05) is 12.1 Å². The first-order chi connectivity index (χ1) is 18.1. The van der Waals surface area contributed by atoms with E-state index in [1.165, 1.54) is 49.9 Å². The standard InChI is InChI=1S/C29H32N6O2/c1-18-15-21(3-6-24(18)19-9-13-35(14-10-19)22-4-5-22)32-28-27-20(7-11-31-29(27)36)16-26(34-28)33-25-17-23(37-2)8-12-30-25/h3,6-8,11-12,15-17,19,22H,4-5,9-10,13-14H2,1-2H3,(H,31,36)(H2,30,32,33,34). The van der Waals surface area contributed by atoms with Gasteiger partial charge >= 0.3 is 0 Å². The summed E-state index contributed by atoms with van der Waals surface area (Å²) >= 11 is 0. The van der Waals surface area contributed by atoms with Crippen molar-refractivity contribution in [3.8, 4) is 5.75 Å². The molecule has 0 radical (unpaired) electrons. The highest BCUT2D eigenvalue weighted by Crippen LogP contribution is 2.36. The van der Waals surface area contributed by atoms with E-state index in [4.69, 9.17) is 9.72 Å². The number of anilines is 4. The Morgan fingerprint density at radius 3 is 2.59 bits per heavy atom. The lowest BCUT2D eigenvalue weighted by Gasteiger charge is -2.33. The van der Waals surface area contributed by atoms with E-state index in [2.05, 4.69) is 50.6 Å². The van der Waals surface area contributed by atoms with Crippen molar-refractivity contribution < 1.29 is 4.74 Å². The molecule has 1 aromatic carbocycles. The van der Waals surface area contributed by atoms with Crippen LogP contribution in [0.4, 0.5) is 23.1 Å². The second-order valence-corrected chi connectivity index (χ2v) is 10.1. The molecule has 2 fully saturated rings. The molecular formula is C29H32N6O2. The zero-order valence-corrected chi connectivity index (χ0v) is 21.3. The Balaban J connectivity index is 1.27. The predicted octanol–water partition coefficient (Wildman–Crippen LogP) is 5.46. The maximum absolute atomic E-state index is 12.8. The molecule has 3 N–H and O–H groups in total. The molecule has 1 saturated carbocycles. The minimum Gasteiger partial charge on any atom is -0.497 e. The van der Waals surface area contributed by atoms with E-state index in [1.54, 1.807) is 31.6 Å².